The topological polar surface area (TPSA) is 46.2 Å². The van der Waals surface area contributed by atoms with Crippen molar-refractivity contribution >= 4 is 9.84 Å². The third-order valence-electron chi connectivity index (χ3n) is 3.50. The van der Waals surface area contributed by atoms with E-state index >= 15 is 0 Å². The Balaban J connectivity index is 2.58. The Morgan fingerprint density at radius 2 is 1.93 bits per heavy atom. The lowest BCUT2D eigenvalue weighted by Gasteiger charge is -2.34. The second kappa shape index (κ2) is 5.30. The smallest absolute Gasteiger partial charge is 0.152 e. The van der Waals surface area contributed by atoms with Gasteiger partial charge in [0.1, 0.15) is 0 Å². The highest BCUT2D eigenvalue weighted by Crippen LogP contribution is 2.29. The second-order valence-electron chi connectivity index (χ2n) is 4.53. The first-order valence-corrected chi connectivity index (χ1v) is 7.67. The van der Waals surface area contributed by atoms with Crippen molar-refractivity contribution in [3.63, 3.8) is 0 Å². The average Bonchev–Trinajstić information content (AvgIpc) is 2.21. The van der Waals surface area contributed by atoms with Gasteiger partial charge in [0, 0.05) is 11.8 Å². The zero-order valence-corrected chi connectivity index (χ0v) is 10.8. The van der Waals surface area contributed by atoms with Gasteiger partial charge in [0.15, 0.2) is 9.84 Å². The lowest BCUT2D eigenvalue weighted by Crippen LogP contribution is -2.43. The van der Waals surface area contributed by atoms with Gasteiger partial charge in [-0.1, -0.05) is 20.8 Å². The maximum atomic E-state index is 11.7. The van der Waals surface area contributed by atoms with E-state index in [9.17, 15) is 8.42 Å². The first kappa shape index (κ1) is 13.0. The van der Waals surface area contributed by atoms with E-state index in [1.807, 2.05) is 0 Å². The first-order valence-electron chi connectivity index (χ1n) is 5.96. The van der Waals surface area contributed by atoms with Gasteiger partial charge in [-0.15, -0.1) is 0 Å². The Bertz CT molecular complexity index is 287. The van der Waals surface area contributed by atoms with Crippen LogP contribution in [-0.2, 0) is 9.84 Å². The van der Waals surface area contributed by atoms with E-state index in [-0.39, 0.29) is 11.0 Å². The van der Waals surface area contributed by atoms with Crippen molar-refractivity contribution in [2.24, 2.45) is 5.92 Å². The molecular formula is C11H23NO2S. The van der Waals surface area contributed by atoms with Crippen LogP contribution in [0.3, 0.4) is 0 Å². The summed E-state index contributed by atoms with van der Waals surface area (Å²) in [6, 6.07) is 0.512. The molecule has 0 spiro atoms. The number of sulfone groups is 1. The predicted molar refractivity (Wildman–Crippen MR) is 63.7 cm³/mol. The van der Waals surface area contributed by atoms with E-state index in [4.69, 9.17) is 0 Å². The minimum atomic E-state index is -2.82. The van der Waals surface area contributed by atoms with Crippen molar-refractivity contribution in [3.05, 3.63) is 0 Å². The van der Waals surface area contributed by atoms with Gasteiger partial charge in [0.05, 0.1) is 5.25 Å². The van der Waals surface area contributed by atoms with Crippen molar-refractivity contribution in [3.8, 4) is 0 Å². The molecule has 1 rings (SSSR count). The largest absolute Gasteiger partial charge is 0.314 e. The highest BCUT2D eigenvalue weighted by molar-refractivity contribution is 7.92. The summed E-state index contributed by atoms with van der Waals surface area (Å²) in [5, 5.41) is 3.34. The van der Waals surface area contributed by atoms with Crippen molar-refractivity contribution in [1.82, 2.24) is 5.32 Å². The molecule has 0 saturated heterocycles. The van der Waals surface area contributed by atoms with Crippen molar-refractivity contribution in [2.45, 2.75) is 51.3 Å². The second-order valence-corrected chi connectivity index (χ2v) is 7.10. The van der Waals surface area contributed by atoms with E-state index in [2.05, 4.69) is 19.2 Å². The Hall–Kier alpha value is -0.0900. The minimum Gasteiger partial charge on any atom is -0.314 e. The summed E-state index contributed by atoms with van der Waals surface area (Å²) in [7, 11) is -2.82. The lowest BCUT2D eigenvalue weighted by atomic mass is 9.85. The number of nitrogens with one attached hydrogen (secondary N) is 1. The maximum Gasteiger partial charge on any atom is 0.152 e. The van der Waals surface area contributed by atoms with E-state index < -0.39 is 9.84 Å². The molecule has 4 heteroatoms. The molecule has 0 aromatic heterocycles. The standard InChI is InChI=1S/C11H23NO2S/c1-4-12-11-7-6-10(8-9(11)3)15(13,14)5-2/h9-12H,4-8H2,1-3H3. The molecule has 1 saturated carbocycles. The Morgan fingerprint density at radius 1 is 1.27 bits per heavy atom. The van der Waals surface area contributed by atoms with Crippen LogP contribution in [0.4, 0.5) is 0 Å². The fourth-order valence-electron chi connectivity index (χ4n) is 2.47. The van der Waals surface area contributed by atoms with E-state index in [0.717, 1.165) is 25.8 Å². The van der Waals surface area contributed by atoms with Gasteiger partial charge in [-0.05, 0) is 31.7 Å². The van der Waals surface area contributed by atoms with Gasteiger partial charge in [-0.2, -0.15) is 0 Å². The zero-order chi connectivity index (χ0) is 11.5. The number of hydrogen-bond acceptors (Lipinski definition) is 3. The van der Waals surface area contributed by atoms with Crippen LogP contribution in [0.5, 0.6) is 0 Å². The van der Waals surface area contributed by atoms with Gasteiger partial charge < -0.3 is 5.32 Å². The number of rotatable bonds is 4. The zero-order valence-electron chi connectivity index (χ0n) is 9.99. The average molecular weight is 233 g/mol. The molecule has 0 bridgehead atoms. The van der Waals surface area contributed by atoms with Crippen molar-refractivity contribution in [1.29, 1.82) is 0 Å². The predicted octanol–water partition coefficient (Wildman–Crippen LogP) is 1.59. The van der Waals surface area contributed by atoms with Gasteiger partial charge in [0.2, 0.25) is 0 Å². The summed E-state index contributed by atoms with van der Waals surface area (Å²) in [5.74, 6) is 0.765. The summed E-state index contributed by atoms with van der Waals surface area (Å²) >= 11 is 0. The molecule has 0 heterocycles. The van der Waals surface area contributed by atoms with Gasteiger partial charge >= 0.3 is 0 Å². The number of hydrogen-bond donors (Lipinski definition) is 1. The van der Waals surface area contributed by atoms with E-state index in [0.29, 0.717) is 12.0 Å². The van der Waals surface area contributed by atoms with Crippen LogP contribution in [0.25, 0.3) is 0 Å². The normalized spacial score (nSPS) is 32.9. The Morgan fingerprint density at radius 3 is 2.40 bits per heavy atom. The minimum absolute atomic E-state index is 0.0904. The van der Waals surface area contributed by atoms with Crippen LogP contribution < -0.4 is 5.32 Å². The fourth-order valence-corrected chi connectivity index (χ4v) is 4.04. The van der Waals surface area contributed by atoms with Gasteiger partial charge in [-0.3, -0.25) is 0 Å². The van der Waals surface area contributed by atoms with Crippen molar-refractivity contribution in [2.75, 3.05) is 12.3 Å². The molecule has 0 aromatic rings. The molecule has 1 fully saturated rings. The highest BCUT2D eigenvalue weighted by atomic mass is 32.2. The van der Waals surface area contributed by atoms with Gasteiger partial charge in [0.25, 0.3) is 0 Å². The Kier molecular flexibility index (Phi) is 4.59. The summed E-state index contributed by atoms with van der Waals surface area (Å²) in [6.45, 7) is 6.98. The lowest BCUT2D eigenvalue weighted by molar-refractivity contribution is 0.285. The molecule has 1 aliphatic rings. The molecule has 0 amide bonds. The SMILES string of the molecule is CCNC1CCC(S(=O)(=O)CC)CC1C. The summed E-state index contributed by atoms with van der Waals surface area (Å²) in [6.07, 6.45) is 2.66. The summed E-state index contributed by atoms with van der Waals surface area (Å²) in [5.41, 5.74) is 0. The van der Waals surface area contributed by atoms with E-state index in [1.54, 1.807) is 6.92 Å². The highest BCUT2D eigenvalue weighted by Gasteiger charge is 2.33. The molecule has 90 valence electrons. The molecule has 15 heavy (non-hydrogen) atoms. The molecule has 3 atom stereocenters. The van der Waals surface area contributed by atoms with Gasteiger partial charge in [-0.25, -0.2) is 8.42 Å². The van der Waals surface area contributed by atoms with Crippen LogP contribution >= 0.6 is 0 Å². The Labute approximate surface area is 93.6 Å². The third-order valence-corrected chi connectivity index (χ3v) is 5.75. The van der Waals surface area contributed by atoms with Crippen LogP contribution in [0, 0.1) is 5.92 Å². The summed E-state index contributed by atoms with van der Waals surface area (Å²) < 4.78 is 23.5. The molecular weight excluding hydrogens is 210 g/mol. The molecule has 1 N–H and O–H groups in total. The third kappa shape index (κ3) is 3.18. The maximum absolute atomic E-state index is 11.7. The molecule has 0 aliphatic heterocycles. The molecule has 1 aliphatic carbocycles. The van der Waals surface area contributed by atoms with Crippen molar-refractivity contribution < 1.29 is 8.42 Å². The van der Waals surface area contributed by atoms with Crippen LogP contribution in [-0.4, -0.2) is 32.0 Å². The summed E-state index contributed by atoms with van der Waals surface area (Å²) in [4.78, 5) is 0. The van der Waals surface area contributed by atoms with Crippen LogP contribution in [0.1, 0.15) is 40.0 Å². The van der Waals surface area contributed by atoms with Crippen LogP contribution in [0.2, 0.25) is 0 Å². The molecule has 3 nitrogen and oxygen atoms in total. The quantitative estimate of drug-likeness (QED) is 0.802. The first-order chi connectivity index (χ1) is 7.01. The molecule has 3 unspecified atom stereocenters. The monoisotopic (exact) mass is 233 g/mol. The van der Waals surface area contributed by atoms with E-state index in [1.165, 1.54) is 0 Å². The molecule has 0 aromatic carbocycles. The van der Waals surface area contributed by atoms with Crippen LogP contribution in [0.15, 0.2) is 0 Å². The fraction of sp³-hybridized carbons (Fsp3) is 1.00. The molecule has 0 radical (unpaired) electrons.